The van der Waals surface area contributed by atoms with Crippen LogP contribution in [0, 0.1) is 13.8 Å². The van der Waals surface area contributed by atoms with E-state index in [1.807, 2.05) is 11.0 Å². The molecule has 0 bridgehead atoms. The van der Waals surface area contributed by atoms with E-state index in [9.17, 15) is 4.79 Å². The van der Waals surface area contributed by atoms with Crippen LogP contribution in [-0.2, 0) is 6.54 Å². The van der Waals surface area contributed by atoms with E-state index in [1.54, 1.807) is 19.4 Å². The number of pyridine rings is 1. The number of carbonyl (C=O) groups is 1. The number of hydrogen-bond donors (Lipinski definition) is 1. The topological polar surface area (TPSA) is 57.7 Å². The molecule has 1 aromatic carbocycles. The van der Waals surface area contributed by atoms with Gasteiger partial charge in [0.25, 0.3) is 0 Å². The van der Waals surface area contributed by atoms with E-state index in [-0.39, 0.29) is 6.03 Å². The second-order valence-corrected chi connectivity index (χ2v) is 6.56. The van der Waals surface area contributed by atoms with E-state index >= 15 is 0 Å². The number of benzene rings is 1. The number of methoxy groups -OCH3 is 1. The number of aromatic nitrogens is 1. The van der Waals surface area contributed by atoms with Gasteiger partial charge in [0.05, 0.1) is 7.11 Å². The van der Waals surface area contributed by atoms with Gasteiger partial charge >= 0.3 is 6.03 Å². The fourth-order valence-electron chi connectivity index (χ4n) is 3.15. The Morgan fingerprint density at radius 2 is 1.92 bits per heavy atom. The number of rotatable bonds is 4. The number of amides is 2. The van der Waals surface area contributed by atoms with Gasteiger partial charge in [0.1, 0.15) is 0 Å². The standard InChI is InChI=1S/C20H26N4O2/c1-15-5-4-6-18(16(15)2)23-9-11-24(12-10-23)20(25)22-14-17-7-8-19(26-3)21-13-17/h4-8,13H,9-12,14H2,1-3H3,(H,22,25). The zero-order valence-electron chi connectivity index (χ0n) is 15.7. The third-order valence-electron chi connectivity index (χ3n) is 4.93. The first-order valence-corrected chi connectivity index (χ1v) is 8.91. The van der Waals surface area contributed by atoms with Crippen LogP contribution in [0.15, 0.2) is 36.5 Å². The lowest BCUT2D eigenvalue weighted by Gasteiger charge is -2.37. The zero-order chi connectivity index (χ0) is 18.5. The minimum atomic E-state index is -0.0265. The molecule has 3 rings (SSSR count). The predicted molar refractivity (Wildman–Crippen MR) is 103 cm³/mol. The second-order valence-electron chi connectivity index (χ2n) is 6.56. The van der Waals surface area contributed by atoms with Crippen LogP contribution in [0.2, 0.25) is 0 Å². The summed E-state index contributed by atoms with van der Waals surface area (Å²) in [6, 6.07) is 10.1. The SMILES string of the molecule is COc1ccc(CNC(=O)N2CCN(c3cccc(C)c3C)CC2)cn1. The second kappa shape index (κ2) is 8.08. The van der Waals surface area contributed by atoms with Crippen LogP contribution in [0.25, 0.3) is 0 Å². The summed E-state index contributed by atoms with van der Waals surface area (Å²) in [6.45, 7) is 7.90. The molecule has 1 aromatic heterocycles. The number of carbonyl (C=O) groups excluding carboxylic acids is 1. The molecule has 0 aliphatic carbocycles. The van der Waals surface area contributed by atoms with Crippen LogP contribution in [-0.4, -0.2) is 49.2 Å². The summed E-state index contributed by atoms with van der Waals surface area (Å²) in [5.74, 6) is 0.572. The van der Waals surface area contributed by atoms with E-state index in [4.69, 9.17) is 4.74 Å². The molecular weight excluding hydrogens is 328 g/mol. The molecule has 1 aliphatic rings. The van der Waals surface area contributed by atoms with Crippen molar-refractivity contribution in [3.05, 3.63) is 53.2 Å². The van der Waals surface area contributed by atoms with Gasteiger partial charge in [0.2, 0.25) is 5.88 Å². The first kappa shape index (κ1) is 18.0. The minimum Gasteiger partial charge on any atom is -0.481 e. The van der Waals surface area contributed by atoms with Gasteiger partial charge in [0.15, 0.2) is 0 Å². The quantitative estimate of drug-likeness (QED) is 0.917. The molecule has 0 atom stereocenters. The monoisotopic (exact) mass is 354 g/mol. The Morgan fingerprint density at radius 1 is 1.15 bits per heavy atom. The Kier molecular flexibility index (Phi) is 5.61. The average molecular weight is 354 g/mol. The van der Waals surface area contributed by atoms with Crippen LogP contribution < -0.4 is 15.0 Å². The van der Waals surface area contributed by atoms with Crippen molar-refractivity contribution in [2.45, 2.75) is 20.4 Å². The van der Waals surface area contributed by atoms with Gasteiger partial charge in [0, 0.05) is 50.7 Å². The van der Waals surface area contributed by atoms with Gasteiger partial charge in [-0.1, -0.05) is 18.2 Å². The average Bonchev–Trinajstić information content (AvgIpc) is 2.69. The summed E-state index contributed by atoms with van der Waals surface area (Å²) in [5, 5.41) is 2.97. The Balaban J connectivity index is 1.51. The highest BCUT2D eigenvalue weighted by atomic mass is 16.5. The van der Waals surface area contributed by atoms with Crippen molar-refractivity contribution in [2.24, 2.45) is 0 Å². The first-order chi connectivity index (χ1) is 12.6. The predicted octanol–water partition coefficient (Wildman–Crippen LogP) is 2.74. The van der Waals surface area contributed by atoms with Gasteiger partial charge in [-0.3, -0.25) is 0 Å². The minimum absolute atomic E-state index is 0.0265. The first-order valence-electron chi connectivity index (χ1n) is 8.91. The summed E-state index contributed by atoms with van der Waals surface area (Å²) < 4.78 is 5.04. The summed E-state index contributed by atoms with van der Waals surface area (Å²) in [6.07, 6.45) is 1.72. The molecule has 6 heteroatoms. The summed E-state index contributed by atoms with van der Waals surface area (Å²) in [7, 11) is 1.58. The molecule has 2 amide bonds. The van der Waals surface area contributed by atoms with E-state index < -0.39 is 0 Å². The number of anilines is 1. The van der Waals surface area contributed by atoms with Crippen molar-refractivity contribution in [3.8, 4) is 5.88 Å². The Bertz CT molecular complexity index is 753. The fourth-order valence-corrected chi connectivity index (χ4v) is 3.15. The van der Waals surface area contributed by atoms with Gasteiger partial charge in [-0.05, 0) is 36.6 Å². The normalized spacial score (nSPS) is 14.3. The molecule has 6 nitrogen and oxygen atoms in total. The molecule has 0 unspecified atom stereocenters. The van der Waals surface area contributed by atoms with E-state index in [1.165, 1.54) is 16.8 Å². The van der Waals surface area contributed by atoms with Gasteiger partial charge in [-0.15, -0.1) is 0 Å². The molecule has 1 N–H and O–H groups in total. The van der Waals surface area contributed by atoms with Crippen molar-refractivity contribution >= 4 is 11.7 Å². The van der Waals surface area contributed by atoms with Gasteiger partial charge < -0.3 is 19.9 Å². The van der Waals surface area contributed by atoms with Crippen LogP contribution in [0.1, 0.15) is 16.7 Å². The molecule has 0 radical (unpaired) electrons. The molecule has 1 saturated heterocycles. The van der Waals surface area contributed by atoms with E-state index in [0.29, 0.717) is 12.4 Å². The highest BCUT2D eigenvalue weighted by Crippen LogP contribution is 2.23. The van der Waals surface area contributed by atoms with E-state index in [0.717, 1.165) is 31.7 Å². The van der Waals surface area contributed by atoms with Crippen molar-refractivity contribution in [1.82, 2.24) is 15.2 Å². The lowest BCUT2D eigenvalue weighted by atomic mass is 10.1. The third kappa shape index (κ3) is 4.07. The van der Waals surface area contributed by atoms with E-state index in [2.05, 4.69) is 47.2 Å². The molecular formula is C20H26N4O2. The van der Waals surface area contributed by atoms with Crippen LogP contribution in [0.5, 0.6) is 5.88 Å². The largest absolute Gasteiger partial charge is 0.481 e. The zero-order valence-corrected chi connectivity index (χ0v) is 15.7. The van der Waals surface area contributed by atoms with Crippen LogP contribution in [0.3, 0.4) is 0 Å². The van der Waals surface area contributed by atoms with Gasteiger partial charge in [-0.2, -0.15) is 0 Å². The lowest BCUT2D eigenvalue weighted by Crippen LogP contribution is -2.51. The summed E-state index contributed by atoms with van der Waals surface area (Å²) in [5.41, 5.74) is 4.84. The maximum absolute atomic E-state index is 12.4. The highest BCUT2D eigenvalue weighted by molar-refractivity contribution is 5.74. The number of piperazine rings is 1. The molecule has 2 aromatic rings. The summed E-state index contributed by atoms with van der Waals surface area (Å²) in [4.78, 5) is 20.8. The smallest absolute Gasteiger partial charge is 0.317 e. The molecule has 26 heavy (non-hydrogen) atoms. The van der Waals surface area contributed by atoms with Crippen LogP contribution in [0.4, 0.5) is 10.5 Å². The Labute approximate surface area is 154 Å². The number of nitrogens with zero attached hydrogens (tertiary/aromatic N) is 3. The molecule has 0 saturated carbocycles. The molecule has 138 valence electrons. The van der Waals surface area contributed by atoms with Crippen molar-refractivity contribution in [3.63, 3.8) is 0 Å². The molecule has 0 spiro atoms. The number of hydrogen-bond acceptors (Lipinski definition) is 4. The van der Waals surface area contributed by atoms with Crippen LogP contribution >= 0.6 is 0 Å². The van der Waals surface area contributed by atoms with Crippen molar-refractivity contribution < 1.29 is 9.53 Å². The molecule has 2 heterocycles. The molecule has 1 aliphatic heterocycles. The highest BCUT2D eigenvalue weighted by Gasteiger charge is 2.22. The maximum atomic E-state index is 12.4. The van der Waals surface area contributed by atoms with Crippen molar-refractivity contribution in [1.29, 1.82) is 0 Å². The third-order valence-corrected chi connectivity index (χ3v) is 4.93. The number of urea groups is 1. The number of nitrogens with one attached hydrogen (secondary N) is 1. The molecule has 1 fully saturated rings. The van der Waals surface area contributed by atoms with Crippen molar-refractivity contribution in [2.75, 3.05) is 38.2 Å². The number of ether oxygens (including phenoxy) is 1. The number of aryl methyl sites for hydroxylation is 1. The van der Waals surface area contributed by atoms with Gasteiger partial charge in [-0.25, -0.2) is 9.78 Å². The summed E-state index contributed by atoms with van der Waals surface area (Å²) >= 11 is 0. The Morgan fingerprint density at radius 3 is 2.58 bits per heavy atom. The fraction of sp³-hybridized carbons (Fsp3) is 0.400. The lowest BCUT2D eigenvalue weighted by molar-refractivity contribution is 0.194. The Hall–Kier alpha value is -2.76. The maximum Gasteiger partial charge on any atom is 0.317 e.